The number of carboxylic acid groups (broad SMARTS) is 1. The summed E-state index contributed by atoms with van der Waals surface area (Å²) < 4.78 is 5.42. The first-order chi connectivity index (χ1) is 13.0. The fourth-order valence-corrected chi connectivity index (χ4v) is 2.28. The fraction of sp³-hybridized carbons (Fsp3) is 0.250. The van der Waals surface area contributed by atoms with Crippen LogP contribution in [0, 0.1) is 0 Å². The van der Waals surface area contributed by atoms with Gasteiger partial charge in [0.05, 0.1) is 19.6 Å². The molecule has 0 aliphatic carbocycles. The van der Waals surface area contributed by atoms with Crippen LogP contribution < -0.4 is 15.4 Å². The van der Waals surface area contributed by atoms with Crippen LogP contribution in [0.2, 0.25) is 0 Å². The molecule has 0 spiro atoms. The summed E-state index contributed by atoms with van der Waals surface area (Å²) >= 11 is 0. The predicted octanol–water partition coefficient (Wildman–Crippen LogP) is 2.23. The first kappa shape index (κ1) is 20.0. The Morgan fingerprint density at radius 3 is 2.30 bits per heavy atom. The van der Waals surface area contributed by atoms with Gasteiger partial charge in [0.15, 0.2) is 0 Å². The van der Waals surface area contributed by atoms with E-state index in [1.807, 2.05) is 30.3 Å². The molecule has 3 N–H and O–H groups in total. The monoisotopic (exact) mass is 370 g/mol. The third-order valence-corrected chi connectivity index (χ3v) is 3.60. The zero-order chi connectivity index (χ0) is 19.5. The molecule has 0 aromatic heterocycles. The van der Waals surface area contributed by atoms with Gasteiger partial charge < -0.3 is 20.5 Å². The third-order valence-electron chi connectivity index (χ3n) is 3.60. The van der Waals surface area contributed by atoms with Crippen molar-refractivity contribution < 1.29 is 24.2 Å². The lowest BCUT2D eigenvalue weighted by Crippen LogP contribution is -2.33. The molecular weight excluding hydrogens is 348 g/mol. The Morgan fingerprint density at radius 1 is 0.926 bits per heavy atom. The first-order valence-electron chi connectivity index (χ1n) is 8.58. The van der Waals surface area contributed by atoms with Gasteiger partial charge in [-0.1, -0.05) is 30.3 Å². The van der Waals surface area contributed by atoms with Crippen LogP contribution in [0.1, 0.15) is 18.4 Å². The number of nitrogens with one attached hydrogen (secondary N) is 2. The highest BCUT2D eigenvalue weighted by molar-refractivity contribution is 5.94. The average molecular weight is 370 g/mol. The highest BCUT2D eigenvalue weighted by atomic mass is 16.5. The maximum atomic E-state index is 11.9. The number of rotatable bonds is 10. The largest absolute Gasteiger partial charge is 0.494 e. The normalized spacial score (nSPS) is 10.1. The second kappa shape index (κ2) is 10.6. The van der Waals surface area contributed by atoms with Crippen LogP contribution in [-0.2, 0) is 20.8 Å². The number of benzene rings is 2. The molecule has 142 valence electrons. The summed E-state index contributed by atoms with van der Waals surface area (Å²) in [6, 6.07) is 16.0. The smallest absolute Gasteiger partial charge is 0.303 e. The number of aliphatic carboxylic acids is 1. The van der Waals surface area contributed by atoms with Crippen LogP contribution in [0.4, 0.5) is 5.69 Å². The number of carbonyl (C=O) groups is 3. The van der Waals surface area contributed by atoms with E-state index in [-0.39, 0.29) is 31.2 Å². The SMILES string of the molecule is O=C(O)CCCOc1ccc(NC(=O)CNC(=O)Cc2ccccc2)cc1. The van der Waals surface area contributed by atoms with Gasteiger partial charge in [-0.3, -0.25) is 14.4 Å². The second-order valence-electron chi connectivity index (χ2n) is 5.86. The summed E-state index contributed by atoms with van der Waals surface area (Å²) in [5.74, 6) is -0.810. The maximum Gasteiger partial charge on any atom is 0.303 e. The van der Waals surface area contributed by atoms with Crippen LogP contribution >= 0.6 is 0 Å². The Hall–Kier alpha value is -3.35. The van der Waals surface area contributed by atoms with Crippen molar-refractivity contribution in [1.29, 1.82) is 0 Å². The van der Waals surface area contributed by atoms with Crippen LogP contribution in [0.25, 0.3) is 0 Å². The van der Waals surface area contributed by atoms with Crippen molar-refractivity contribution in [2.24, 2.45) is 0 Å². The molecule has 0 saturated carbocycles. The van der Waals surface area contributed by atoms with Crippen molar-refractivity contribution in [1.82, 2.24) is 5.32 Å². The Labute approximate surface area is 157 Å². The second-order valence-corrected chi connectivity index (χ2v) is 5.86. The molecule has 0 saturated heterocycles. The number of carbonyl (C=O) groups excluding carboxylic acids is 2. The molecule has 0 unspecified atom stereocenters. The molecule has 0 bridgehead atoms. The predicted molar refractivity (Wildman–Crippen MR) is 101 cm³/mol. The summed E-state index contributed by atoms with van der Waals surface area (Å²) in [7, 11) is 0. The van der Waals surface area contributed by atoms with Crippen molar-refractivity contribution in [2.45, 2.75) is 19.3 Å². The molecule has 0 aliphatic rings. The van der Waals surface area contributed by atoms with Crippen LogP contribution in [0.3, 0.4) is 0 Å². The van der Waals surface area contributed by atoms with E-state index in [4.69, 9.17) is 9.84 Å². The van der Waals surface area contributed by atoms with Gasteiger partial charge >= 0.3 is 5.97 Å². The molecule has 2 aromatic rings. The fourth-order valence-electron chi connectivity index (χ4n) is 2.28. The summed E-state index contributed by atoms with van der Waals surface area (Å²) in [4.78, 5) is 34.2. The number of ether oxygens (including phenoxy) is 1. The zero-order valence-electron chi connectivity index (χ0n) is 14.8. The van der Waals surface area contributed by atoms with Crippen LogP contribution in [-0.4, -0.2) is 36.0 Å². The van der Waals surface area contributed by atoms with E-state index < -0.39 is 5.97 Å². The van der Waals surface area contributed by atoms with Gasteiger partial charge in [0.1, 0.15) is 5.75 Å². The van der Waals surface area contributed by atoms with Crippen molar-refractivity contribution in [3.8, 4) is 5.75 Å². The molecule has 2 aromatic carbocycles. The number of carboxylic acids is 1. The van der Waals surface area contributed by atoms with E-state index in [0.717, 1.165) is 5.56 Å². The van der Waals surface area contributed by atoms with Crippen molar-refractivity contribution >= 4 is 23.5 Å². The van der Waals surface area contributed by atoms with Gasteiger partial charge in [0.25, 0.3) is 0 Å². The number of hydrogen-bond acceptors (Lipinski definition) is 4. The van der Waals surface area contributed by atoms with Crippen LogP contribution in [0.15, 0.2) is 54.6 Å². The quantitative estimate of drug-likeness (QED) is 0.556. The molecule has 0 atom stereocenters. The summed E-state index contributed by atoms with van der Waals surface area (Å²) in [6.07, 6.45) is 0.711. The topological polar surface area (TPSA) is 105 Å². The van der Waals surface area contributed by atoms with E-state index in [0.29, 0.717) is 24.5 Å². The Kier molecular flexibility index (Phi) is 7.84. The van der Waals surface area contributed by atoms with E-state index in [2.05, 4.69) is 10.6 Å². The molecule has 7 heteroatoms. The summed E-state index contributed by atoms with van der Waals surface area (Å²) in [6.45, 7) is 0.199. The third kappa shape index (κ3) is 8.04. The lowest BCUT2D eigenvalue weighted by atomic mass is 10.1. The van der Waals surface area contributed by atoms with Gasteiger partial charge in [0, 0.05) is 12.1 Å². The minimum absolute atomic E-state index is 0.0597. The van der Waals surface area contributed by atoms with E-state index in [9.17, 15) is 14.4 Å². The summed E-state index contributed by atoms with van der Waals surface area (Å²) in [5, 5.41) is 13.8. The number of amides is 2. The van der Waals surface area contributed by atoms with E-state index in [1.165, 1.54) is 0 Å². The van der Waals surface area contributed by atoms with Gasteiger partial charge in [-0.05, 0) is 36.2 Å². The van der Waals surface area contributed by atoms with E-state index in [1.54, 1.807) is 24.3 Å². The lowest BCUT2D eigenvalue weighted by Gasteiger charge is -2.09. The van der Waals surface area contributed by atoms with Crippen molar-refractivity contribution in [3.05, 3.63) is 60.2 Å². The molecule has 7 nitrogen and oxygen atoms in total. The molecule has 0 radical (unpaired) electrons. The first-order valence-corrected chi connectivity index (χ1v) is 8.58. The molecule has 2 amide bonds. The Bertz CT molecular complexity index is 760. The van der Waals surface area contributed by atoms with E-state index >= 15 is 0 Å². The van der Waals surface area contributed by atoms with Crippen LogP contribution in [0.5, 0.6) is 5.75 Å². The number of anilines is 1. The molecule has 2 rings (SSSR count). The molecule has 0 heterocycles. The summed E-state index contributed by atoms with van der Waals surface area (Å²) in [5.41, 5.74) is 1.46. The minimum Gasteiger partial charge on any atom is -0.494 e. The maximum absolute atomic E-state index is 11.9. The zero-order valence-corrected chi connectivity index (χ0v) is 14.8. The van der Waals surface area contributed by atoms with Gasteiger partial charge in [-0.2, -0.15) is 0 Å². The van der Waals surface area contributed by atoms with Gasteiger partial charge in [-0.15, -0.1) is 0 Å². The molecule has 0 fully saturated rings. The lowest BCUT2D eigenvalue weighted by molar-refractivity contribution is -0.137. The molecule has 0 aliphatic heterocycles. The Morgan fingerprint density at radius 2 is 1.63 bits per heavy atom. The average Bonchev–Trinajstić information content (AvgIpc) is 2.65. The van der Waals surface area contributed by atoms with Crippen molar-refractivity contribution in [2.75, 3.05) is 18.5 Å². The van der Waals surface area contributed by atoms with Gasteiger partial charge in [0.2, 0.25) is 11.8 Å². The highest BCUT2D eigenvalue weighted by Gasteiger charge is 2.07. The number of hydrogen-bond donors (Lipinski definition) is 3. The van der Waals surface area contributed by atoms with Crippen molar-refractivity contribution in [3.63, 3.8) is 0 Å². The molecule has 27 heavy (non-hydrogen) atoms. The molecular formula is C20H22N2O5. The Balaban J connectivity index is 1.69. The van der Waals surface area contributed by atoms with Gasteiger partial charge in [-0.25, -0.2) is 0 Å². The highest BCUT2D eigenvalue weighted by Crippen LogP contribution is 2.16. The minimum atomic E-state index is -0.854. The standard InChI is InChI=1S/C20H22N2O5/c23-18(13-15-5-2-1-3-6-15)21-14-19(24)22-16-8-10-17(11-9-16)27-12-4-7-20(25)26/h1-3,5-6,8-11H,4,7,12-14H2,(H,21,23)(H,22,24)(H,25,26).